The smallest absolute Gasteiger partial charge is 0.258 e. The number of carbonyl (C=O) groups excluding carboxylic acids is 2. The van der Waals surface area contributed by atoms with E-state index in [9.17, 15) is 9.59 Å². The quantitative estimate of drug-likeness (QED) is 0.335. The van der Waals surface area contributed by atoms with E-state index in [0.717, 1.165) is 14.8 Å². The average molecular weight is 543 g/mol. The lowest BCUT2D eigenvalue weighted by Gasteiger charge is -2.21. The van der Waals surface area contributed by atoms with Gasteiger partial charge in [0.25, 0.3) is 11.8 Å². The number of amides is 2. The molecule has 0 spiro atoms. The molecule has 7 heteroatoms. The lowest BCUT2D eigenvalue weighted by atomic mass is 10.1. The van der Waals surface area contributed by atoms with Gasteiger partial charge >= 0.3 is 0 Å². The van der Waals surface area contributed by atoms with Gasteiger partial charge in [0.05, 0.1) is 0 Å². The van der Waals surface area contributed by atoms with E-state index >= 15 is 0 Å². The Labute approximate surface area is 201 Å². The number of thiocarbonyl (C=S) groups is 1. The van der Waals surface area contributed by atoms with E-state index < -0.39 is 0 Å². The number of rotatable bonds is 5. The summed E-state index contributed by atoms with van der Waals surface area (Å²) < 4.78 is 1.01. The minimum absolute atomic E-state index is 0.110. The zero-order valence-corrected chi connectivity index (χ0v) is 20.2. The van der Waals surface area contributed by atoms with Crippen molar-refractivity contribution < 1.29 is 9.59 Å². The molecule has 0 aliphatic carbocycles. The van der Waals surface area contributed by atoms with Crippen molar-refractivity contribution in [1.82, 2.24) is 5.32 Å². The van der Waals surface area contributed by atoms with Crippen molar-refractivity contribution in [3.8, 4) is 0 Å². The van der Waals surface area contributed by atoms with Gasteiger partial charge in [-0.3, -0.25) is 14.9 Å². The summed E-state index contributed by atoms with van der Waals surface area (Å²) in [5, 5.41) is 5.84. The Balaban J connectivity index is 1.69. The molecule has 2 amide bonds. The van der Waals surface area contributed by atoms with Gasteiger partial charge in [0.1, 0.15) is 0 Å². The van der Waals surface area contributed by atoms with Crippen molar-refractivity contribution in [3.05, 3.63) is 93.1 Å². The summed E-state index contributed by atoms with van der Waals surface area (Å²) in [5.74, 6) is -0.398. The van der Waals surface area contributed by atoms with Crippen LogP contribution in [-0.4, -0.2) is 23.5 Å². The number of aryl methyl sites for hydroxylation is 1. The molecule has 0 aliphatic rings. The predicted octanol–water partition coefficient (Wildman–Crippen LogP) is 5.39. The second-order valence-corrected chi connectivity index (χ2v) is 8.41. The second-order valence-electron chi connectivity index (χ2n) is 6.84. The lowest BCUT2D eigenvalue weighted by Crippen LogP contribution is -2.34. The summed E-state index contributed by atoms with van der Waals surface area (Å²) in [7, 11) is 0. The first kappa shape index (κ1) is 22.9. The van der Waals surface area contributed by atoms with Gasteiger partial charge in [-0.15, -0.1) is 0 Å². The van der Waals surface area contributed by atoms with Crippen molar-refractivity contribution in [2.24, 2.45) is 0 Å². The highest BCUT2D eigenvalue weighted by Crippen LogP contribution is 2.19. The molecule has 0 aromatic heterocycles. The fourth-order valence-corrected chi connectivity index (χ4v) is 3.73. The van der Waals surface area contributed by atoms with Gasteiger partial charge in [-0.1, -0.05) is 30.3 Å². The lowest BCUT2D eigenvalue weighted by molar-refractivity contribution is 0.0973. The predicted molar refractivity (Wildman–Crippen MR) is 138 cm³/mol. The number of anilines is 2. The van der Waals surface area contributed by atoms with Gasteiger partial charge < -0.3 is 10.2 Å². The highest BCUT2D eigenvalue weighted by Gasteiger charge is 2.16. The maximum absolute atomic E-state index is 13.0. The topological polar surface area (TPSA) is 61.4 Å². The summed E-state index contributed by atoms with van der Waals surface area (Å²) in [5.41, 5.74) is 3.63. The molecule has 0 saturated heterocycles. The summed E-state index contributed by atoms with van der Waals surface area (Å²) >= 11 is 7.48. The van der Waals surface area contributed by atoms with Gasteiger partial charge in [-0.05, 0) is 96.7 Å². The molecule has 0 atom stereocenters. The number of hydrogen-bond donors (Lipinski definition) is 2. The zero-order valence-electron chi connectivity index (χ0n) is 17.2. The molecule has 0 fully saturated rings. The maximum Gasteiger partial charge on any atom is 0.258 e. The highest BCUT2D eigenvalue weighted by molar-refractivity contribution is 14.1. The first-order valence-corrected chi connectivity index (χ1v) is 11.2. The molecular weight excluding hydrogens is 521 g/mol. The zero-order chi connectivity index (χ0) is 22.4. The number of benzene rings is 3. The minimum Gasteiger partial charge on any atom is -0.332 e. The van der Waals surface area contributed by atoms with Crippen LogP contribution in [0, 0.1) is 10.5 Å². The van der Waals surface area contributed by atoms with Crippen LogP contribution in [0.25, 0.3) is 0 Å². The van der Waals surface area contributed by atoms with E-state index in [1.54, 1.807) is 35.2 Å². The van der Waals surface area contributed by atoms with Gasteiger partial charge in [0.15, 0.2) is 5.11 Å². The molecule has 3 aromatic carbocycles. The SMILES string of the molecule is CCN(C(=O)c1cccc(NC(=S)NC(=O)c2ccc(C)c(I)c2)c1)c1ccccc1. The van der Waals surface area contributed by atoms with Crippen molar-refractivity contribution in [2.45, 2.75) is 13.8 Å². The molecule has 0 aliphatic heterocycles. The van der Waals surface area contributed by atoms with Crippen molar-refractivity contribution in [2.75, 3.05) is 16.8 Å². The molecular formula is C24H22IN3O2S. The van der Waals surface area contributed by atoms with Gasteiger partial charge in [-0.25, -0.2) is 0 Å². The third kappa shape index (κ3) is 5.89. The summed E-state index contributed by atoms with van der Waals surface area (Å²) in [6.45, 7) is 4.47. The van der Waals surface area contributed by atoms with Crippen LogP contribution in [0.5, 0.6) is 0 Å². The summed E-state index contributed by atoms with van der Waals surface area (Å²) in [6, 6.07) is 22.1. The van der Waals surface area contributed by atoms with Crippen LogP contribution in [0.2, 0.25) is 0 Å². The first-order chi connectivity index (χ1) is 14.9. The Morgan fingerprint density at radius 1 is 0.968 bits per heavy atom. The molecule has 31 heavy (non-hydrogen) atoms. The summed E-state index contributed by atoms with van der Waals surface area (Å²) in [6.07, 6.45) is 0. The molecule has 5 nitrogen and oxygen atoms in total. The molecule has 3 rings (SSSR count). The van der Waals surface area contributed by atoms with Gasteiger partial charge in [0.2, 0.25) is 0 Å². The Morgan fingerprint density at radius 3 is 2.39 bits per heavy atom. The number of carbonyl (C=O) groups is 2. The number of para-hydroxylation sites is 1. The number of nitrogens with zero attached hydrogens (tertiary/aromatic N) is 1. The molecule has 0 radical (unpaired) electrons. The highest BCUT2D eigenvalue weighted by atomic mass is 127. The second kappa shape index (κ2) is 10.5. The first-order valence-electron chi connectivity index (χ1n) is 9.74. The van der Waals surface area contributed by atoms with E-state index in [4.69, 9.17) is 12.2 Å². The largest absolute Gasteiger partial charge is 0.332 e. The van der Waals surface area contributed by atoms with E-state index in [0.29, 0.717) is 23.4 Å². The molecule has 0 unspecified atom stereocenters. The fourth-order valence-electron chi connectivity index (χ4n) is 3.01. The number of nitrogens with one attached hydrogen (secondary N) is 2. The molecule has 0 bridgehead atoms. The fraction of sp³-hybridized carbons (Fsp3) is 0.125. The van der Waals surface area contributed by atoms with Crippen molar-refractivity contribution in [3.63, 3.8) is 0 Å². The Bertz CT molecular complexity index is 1120. The maximum atomic E-state index is 13.0. The van der Waals surface area contributed by atoms with E-state index in [-0.39, 0.29) is 16.9 Å². The Morgan fingerprint density at radius 2 is 1.71 bits per heavy atom. The third-order valence-corrected chi connectivity index (χ3v) is 6.02. The third-order valence-electron chi connectivity index (χ3n) is 4.66. The number of hydrogen-bond acceptors (Lipinski definition) is 3. The van der Waals surface area contributed by atoms with Crippen LogP contribution >= 0.6 is 34.8 Å². The van der Waals surface area contributed by atoms with Gasteiger partial charge in [0, 0.05) is 32.6 Å². The van der Waals surface area contributed by atoms with Crippen molar-refractivity contribution in [1.29, 1.82) is 0 Å². The Hall–Kier alpha value is -2.78. The standard InChI is InChI=1S/C24H22IN3O2S/c1-3-28(20-10-5-4-6-11-20)23(30)18-8-7-9-19(14-18)26-24(31)27-22(29)17-13-12-16(2)21(25)15-17/h4-15H,3H2,1-2H3,(H2,26,27,29,31). The van der Waals surface area contributed by atoms with Crippen LogP contribution in [-0.2, 0) is 0 Å². The molecule has 2 N–H and O–H groups in total. The normalized spacial score (nSPS) is 10.3. The van der Waals surface area contributed by atoms with Crippen LogP contribution in [0.15, 0.2) is 72.8 Å². The monoisotopic (exact) mass is 543 g/mol. The summed E-state index contributed by atoms with van der Waals surface area (Å²) in [4.78, 5) is 27.2. The Kier molecular flexibility index (Phi) is 7.75. The van der Waals surface area contributed by atoms with E-state index in [2.05, 4.69) is 33.2 Å². The minimum atomic E-state index is -0.288. The van der Waals surface area contributed by atoms with E-state index in [1.807, 2.05) is 56.3 Å². The van der Waals surface area contributed by atoms with Crippen LogP contribution in [0.4, 0.5) is 11.4 Å². The van der Waals surface area contributed by atoms with Crippen LogP contribution in [0.3, 0.4) is 0 Å². The molecule has 3 aromatic rings. The average Bonchev–Trinajstić information content (AvgIpc) is 2.77. The molecule has 158 valence electrons. The number of halogens is 1. The van der Waals surface area contributed by atoms with Gasteiger partial charge in [-0.2, -0.15) is 0 Å². The van der Waals surface area contributed by atoms with Crippen LogP contribution in [0.1, 0.15) is 33.2 Å². The van der Waals surface area contributed by atoms with E-state index in [1.165, 1.54) is 0 Å². The molecule has 0 heterocycles. The van der Waals surface area contributed by atoms with Crippen LogP contribution < -0.4 is 15.5 Å². The van der Waals surface area contributed by atoms with Crippen molar-refractivity contribution >= 4 is 63.1 Å². The molecule has 0 saturated carbocycles.